The van der Waals surface area contributed by atoms with Gasteiger partial charge in [-0.3, -0.25) is 9.89 Å². The highest BCUT2D eigenvalue weighted by Crippen LogP contribution is 2.49. The molecule has 0 spiro atoms. The number of para-hydroxylation sites is 1. The summed E-state index contributed by atoms with van der Waals surface area (Å²) in [6.45, 7) is 18.4. The van der Waals surface area contributed by atoms with E-state index in [1.807, 2.05) is 43.4 Å². The monoisotopic (exact) mass is 634 g/mol. The maximum absolute atomic E-state index is 5.05. The Bertz CT molecular complexity index is 2310. The first kappa shape index (κ1) is 31.5. The average molecular weight is 635 g/mol. The fourth-order valence-corrected chi connectivity index (χ4v) is 6.95. The van der Waals surface area contributed by atoms with Crippen molar-refractivity contribution in [3.63, 3.8) is 0 Å². The second-order valence-electron chi connectivity index (χ2n) is 12.7. The lowest BCUT2D eigenvalue weighted by atomic mass is 9.73. The van der Waals surface area contributed by atoms with Crippen LogP contribution in [0, 0.1) is 0 Å². The van der Waals surface area contributed by atoms with Crippen molar-refractivity contribution in [1.29, 1.82) is 0 Å². The number of anilines is 2. The molecule has 0 atom stereocenters. The van der Waals surface area contributed by atoms with E-state index in [0.29, 0.717) is 0 Å². The lowest BCUT2D eigenvalue weighted by Crippen LogP contribution is -2.33. The summed E-state index contributed by atoms with van der Waals surface area (Å²) in [4.78, 5) is 16.1. The molecule has 1 aliphatic rings. The lowest BCUT2D eigenvalue weighted by Gasteiger charge is -2.41. The molecule has 5 aromatic carbocycles. The summed E-state index contributed by atoms with van der Waals surface area (Å²) in [5.41, 5.74) is 13.3. The third kappa shape index (κ3) is 5.51. The molecule has 0 amide bonds. The molecule has 7 rings (SSSR count). The predicted molar refractivity (Wildman–Crippen MR) is 210 cm³/mol. The molecule has 0 bridgehead atoms. The fraction of sp³-hybridized carbons (Fsp3) is 0.0889. The standard InChI is InChI=1S/C45H38N4/c1-7-13-32-22-23-33-24-26-40(48-43(33)42(32)46-5)36-15-12-14-34(28-36)30-18-20-31(21-19-30)35-25-27-41-39(29-35)45(3,4)38(8-2)44(47-6)49(41)37-16-10-9-11-17-37/h7-29H,2,5-6H2,1,3-4H3/b13-7-. The first-order chi connectivity index (χ1) is 23.9. The Hall–Kier alpha value is -6.13. The third-order valence-corrected chi connectivity index (χ3v) is 9.49. The minimum Gasteiger partial charge on any atom is -0.295 e. The maximum atomic E-state index is 5.05. The number of nitrogens with zero attached hydrogens (tertiary/aromatic N) is 4. The number of allylic oxidation sites excluding steroid dienone is 3. The molecular weight excluding hydrogens is 597 g/mol. The van der Waals surface area contributed by atoms with Gasteiger partial charge in [-0.1, -0.05) is 124 Å². The highest BCUT2D eigenvalue weighted by Gasteiger charge is 2.38. The molecule has 0 saturated carbocycles. The summed E-state index contributed by atoms with van der Waals surface area (Å²) in [6, 6.07) is 42.7. The van der Waals surface area contributed by atoms with Crippen molar-refractivity contribution < 1.29 is 0 Å². The van der Waals surface area contributed by atoms with Gasteiger partial charge in [-0.25, -0.2) is 9.98 Å². The summed E-state index contributed by atoms with van der Waals surface area (Å²) < 4.78 is 0. The number of pyridine rings is 1. The minimum atomic E-state index is -0.317. The number of aromatic nitrogens is 1. The molecule has 238 valence electrons. The molecule has 1 aromatic heterocycles. The summed E-state index contributed by atoms with van der Waals surface area (Å²) in [7, 11) is 0. The second-order valence-corrected chi connectivity index (χ2v) is 12.7. The zero-order valence-corrected chi connectivity index (χ0v) is 28.2. The number of aliphatic imine (C=N–C) groups is 2. The van der Waals surface area contributed by atoms with Crippen LogP contribution in [0.4, 0.5) is 17.1 Å². The van der Waals surface area contributed by atoms with Gasteiger partial charge in [0, 0.05) is 33.2 Å². The first-order valence-corrected chi connectivity index (χ1v) is 16.5. The normalized spacial score (nSPS) is 13.8. The summed E-state index contributed by atoms with van der Waals surface area (Å²) >= 11 is 0. The van der Waals surface area contributed by atoms with Crippen molar-refractivity contribution >= 4 is 47.5 Å². The molecule has 2 heterocycles. The number of fused-ring (bicyclic) bond motifs is 2. The van der Waals surface area contributed by atoms with Crippen molar-refractivity contribution in [3.8, 4) is 33.5 Å². The maximum Gasteiger partial charge on any atom is 0.140 e. The Morgan fingerprint density at radius 3 is 2.04 bits per heavy atom. The van der Waals surface area contributed by atoms with Crippen LogP contribution in [0.2, 0.25) is 0 Å². The van der Waals surface area contributed by atoms with E-state index >= 15 is 0 Å². The molecule has 0 fully saturated rings. The molecule has 0 N–H and O–H groups in total. The SMILES string of the molecule is C=CC1=C(N=C)N(c2ccccc2)c2ccc(-c3ccc(-c4cccc(-c5ccc6ccc(/C=C\C)c(N=C)c6n5)c4)cc3)cc2C1(C)C. The van der Waals surface area contributed by atoms with E-state index in [-0.39, 0.29) is 5.41 Å². The van der Waals surface area contributed by atoms with Crippen molar-refractivity contribution in [1.82, 2.24) is 4.98 Å². The van der Waals surface area contributed by atoms with Crippen LogP contribution >= 0.6 is 0 Å². The summed E-state index contributed by atoms with van der Waals surface area (Å²) in [5.74, 6) is 0.813. The lowest BCUT2D eigenvalue weighted by molar-refractivity contribution is 0.616. The zero-order chi connectivity index (χ0) is 34.1. The molecule has 0 aliphatic carbocycles. The molecule has 1 aliphatic heterocycles. The van der Waals surface area contributed by atoms with Crippen molar-refractivity contribution in [2.75, 3.05) is 4.90 Å². The van der Waals surface area contributed by atoms with Crippen molar-refractivity contribution in [3.05, 3.63) is 163 Å². The van der Waals surface area contributed by atoms with E-state index in [1.54, 1.807) is 0 Å². The Labute approximate surface area is 288 Å². The van der Waals surface area contributed by atoms with Gasteiger partial charge in [-0.2, -0.15) is 0 Å². The van der Waals surface area contributed by atoms with E-state index in [4.69, 9.17) is 4.98 Å². The molecule has 0 unspecified atom stereocenters. The third-order valence-electron chi connectivity index (χ3n) is 9.49. The van der Waals surface area contributed by atoms with Gasteiger partial charge in [-0.15, -0.1) is 0 Å². The van der Waals surface area contributed by atoms with Crippen LogP contribution in [0.15, 0.2) is 161 Å². The number of hydrogen-bond donors (Lipinski definition) is 0. The Morgan fingerprint density at radius 2 is 1.37 bits per heavy atom. The Kier molecular flexibility index (Phi) is 8.23. The van der Waals surface area contributed by atoms with Crippen LogP contribution in [0.5, 0.6) is 0 Å². The van der Waals surface area contributed by atoms with E-state index in [0.717, 1.165) is 78.4 Å². The van der Waals surface area contributed by atoms with Gasteiger partial charge < -0.3 is 0 Å². The van der Waals surface area contributed by atoms with Crippen molar-refractivity contribution in [2.24, 2.45) is 9.98 Å². The van der Waals surface area contributed by atoms with Crippen LogP contribution < -0.4 is 4.90 Å². The largest absolute Gasteiger partial charge is 0.295 e. The quantitative estimate of drug-likeness (QED) is 0.156. The van der Waals surface area contributed by atoms with Crippen LogP contribution in [0.3, 0.4) is 0 Å². The molecule has 49 heavy (non-hydrogen) atoms. The molecule has 6 aromatic rings. The zero-order valence-electron chi connectivity index (χ0n) is 28.2. The first-order valence-electron chi connectivity index (χ1n) is 16.5. The van der Waals surface area contributed by atoms with E-state index in [2.05, 4.69) is 152 Å². The number of benzene rings is 5. The smallest absolute Gasteiger partial charge is 0.140 e. The summed E-state index contributed by atoms with van der Waals surface area (Å²) in [6.07, 6.45) is 5.97. The van der Waals surface area contributed by atoms with Crippen LogP contribution in [0.25, 0.3) is 50.5 Å². The van der Waals surface area contributed by atoms with E-state index < -0.39 is 0 Å². The second kappa shape index (κ2) is 12.8. The van der Waals surface area contributed by atoms with Gasteiger partial charge in [0.25, 0.3) is 0 Å². The van der Waals surface area contributed by atoms with Gasteiger partial charge in [0.05, 0.1) is 22.6 Å². The van der Waals surface area contributed by atoms with Crippen molar-refractivity contribution in [2.45, 2.75) is 26.2 Å². The molecule has 0 saturated heterocycles. The van der Waals surface area contributed by atoms with Gasteiger partial charge in [0.15, 0.2) is 0 Å². The Morgan fingerprint density at radius 1 is 0.694 bits per heavy atom. The molecule has 4 nitrogen and oxygen atoms in total. The van der Waals surface area contributed by atoms with E-state index in [9.17, 15) is 0 Å². The van der Waals surface area contributed by atoms with Gasteiger partial charge in [0.1, 0.15) is 5.82 Å². The van der Waals surface area contributed by atoms with Crippen LogP contribution in [-0.2, 0) is 5.41 Å². The van der Waals surface area contributed by atoms with Crippen LogP contribution in [0.1, 0.15) is 31.9 Å². The minimum absolute atomic E-state index is 0.317. The van der Waals surface area contributed by atoms with Crippen LogP contribution in [-0.4, -0.2) is 18.4 Å². The van der Waals surface area contributed by atoms with E-state index in [1.165, 1.54) is 5.56 Å². The van der Waals surface area contributed by atoms with Gasteiger partial charge >= 0.3 is 0 Å². The van der Waals surface area contributed by atoms with Gasteiger partial charge in [-0.05, 0) is 84.6 Å². The Balaban J connectivity index is 1.23. The highest BCUT2D eigenvalue weighted by atomic mass is 15.2. The topological polar surface area (TPSA) is 40.9 Å². The number of rotatable bonds is 8. The average Bonchev–Trinajstić information content (AvgIpc) is 3.14. The predicted octanol–water partition coefficient (Wildman–Crippen LogP) is 12.1. The van der Waals surface area contributed by atoms with Gasteiger partial charge in [0.2, 0.25) is 0 Å². The molecule has 0 radical (unpaired) electrons. The fourth-order valence-electron chi connectivity index (χ4n) is 6.95. The summed E-state index contributed by atoms with van der Waals surface area (Å²) in [5, 5.41) is 1.04. The molecular formula is C45H38N4. The molecule has 4 heteroatoms. The highest BCUT2D eigenvalue weighted by molar-refractivity contribution is 5.95. The number of hydrogen-bond acceptors (Lipinski definition) is 4.